The molecule has 0 bridgehead atoms. The molecule has 2 aliphatic carbocycles. The molecule has 2 atom stereocenters. The second kappa shape index (κ2) is 8.36. The highest BCUT2D eigenvalue weighted by molar-refractivity contribution is 5.97. The largest absolute Gasteiger partial charge is 0.497 e. The number of esters is 1. The number of rotatable bonds is 5. The van der Waals surface area contributed by atoms with Crippen LogP contribution in [-0.2, 0) is 25.5 Å². The second-order valence-electron chi connectivity index (χ2n) is 8.68. The van der Waals surface area contributed by atoms with Crippen molar-refractivity contribution in [2.45, 2.75) is 45.4 Å². The van der Waals surface area contributed by atoms with Crippen LogP contribution >= 0.6 is 0 Å². The first-order valence-corrected chi connectivity index (χ1v) is 10.8. The molecule has 7 heteroatoms. The Morgan fingerprint density at radius 3 is 2.71 bits per heavy atom. The fourth-order valence-corrected chi connectivity index (χ4v) is 5.41. The van der Waals surface area contributed by atoms with Gasteiger partial charge in [-0.1, -0.05) is 18.6 Å². The van der Waals surface area contributed by atoms with Crippen LogP contribution in [0, 0.1) is 11.3 Å². The lowest BCUT2D eigenvalue weighted by Crippen LogP contribution is -2.49. The van der Waals surface area contributed by atoms with Crippen LogP contribution in [0.4, 0.5) is 4.79 Å². The van der Waals surface area contributed by atoms with Gasteiger partial charge in [0.1, 0.15) is 12.4 Å². The van der Waals surface area contributed by atoms with Gasteiger partial charge in [-0.25, -0.2) is 9.69 Å². The standard InChI is InChI=1S/C24H29NO6/c1-24(22(27)25-12-13-31-23(25)28)11-10-18-17-7-5-16(29-2)14-15(17)4-6-19(18)20(24)8-9-21(26)30-3/h5,7,14,20H,4,6,8-13H2,1-3H3/t20-,24-/m0/s1. The van der Waals surface area contributed by atoms with E-state index in [0.717, 1.165) is 25.0 Å². The number of hydrogen-bond donors (Lipinski definition) is 0. The maximum Gasteiger partial charge on any atom is 0.416 e. The second-order valence-corrected chi connectivity index (χ2v) is 8.68. The Morgan fingerprint density at radius 1 is 1.23 bits per heavy atom. The van der Waals surface area contributed by atoms with E-state index < -0.39 is 11.5 Å². The molecule has 31 heavy (non-hydrogen) atoms. The van der Waals surface area contributed by atoms with E-state index in [9.17, 15) is 14.4 Å². The van der Waals surface area contributed by atoms with Gasteiger partial charge >= 0.3 is 12.1 Å². The number of carbonyl (C=O) groups excluding carboxylic acids is 3. The molecule has 0 radical (unpaired) electrons. The minimum atomic E-state index is -0.764. The average Bonchev–Trinajstić information content (AvgIpc) is 3.22. The number of allylic oxidation sites excluding steroid dienone is 2. The fourth-order valence-electron chi connectivity index (χ4n) is 5.41. The van der Waals surface area contributed by atoms with Gasteiger partial charge in [0.2, 0.25) is 5.91 Å². The van der Waals surface area contributed by atoms with E-state index in [1.807, 2.05) is 13.0 Å². The van der Waals surface area contributed by atoms with E-state index in [1.54, 1.807) is 7.11 Å². The number of imide groups is 1. The normalized spacial score (nSPS) is 24.9. The number of fused-ring (bicyclic) bond motifs is 2. The van der Waals surface area contributed by atoms with Crippen molar-refractivity contribution in [2.75, 3.05) is 27.4 Å². The Bertz CT molecular complexity index is 951. The predicted octanol–water partition coefficient (Wildman–Crippen LogP) is 3.74. The van der Waals surface area contributed by atoms with E-state index >= 15 is 0 Å². The number of cyclic esters (lactones) is 1. The van der Waals surface area contributed by atoms with Crippen LogP contribution < -0.4 is 4.74 Å². The molecule has 1 aliphatic heterocycles. The predicted molar refractivity (Wildman–Crippen MR) is 113 cm³/mol. The van der Waals surface area contributed by atoms with Crippen molar-refractivity contribution in [3.05, 3.63) is 34.9 Å². The quantitative estimate of drug-likeness (QED) is 0.666. The van der Waals surface area contributed by atoms with Crippen molar-refractivity contribution in [1.29, 1.82) is 0 Å². The van der Waals surface area contributed by atoms with Crippen LogP contribution in [0.1, 0.15) is 50.2 Å². The van der Waals surface area contributed by atoms with Crippen LogP contribution in [0.15, 0.2) is 23.8 Å². The summed E-state index contributed by atoms with van der Waals surface area (Å²) in [6.45, 7) is 2.46. The van der Waals surface area contributed by atoms with Crippen molar-refractivity contribution in [1.82, 2.24) is 4.90 Å². The molecule has 0 aromatic heterocycles. The zero-order chi connectivity index (χ0) is 22.2. The van der Waals surface area contributed by atoms with Gasteiger partial charge in [0.15, 0.2) is 0 Å². The van der Waals surface area contributed by atoms with Crippen LogP contribution in [0.3, 0.4) is 0 Å². The molecule has 0 unspecified atom stereocenters. The molecule has 166 valence electrons. The summed E-state index contributed by atoms with van der Waals surface area (Å²) >= 11 is 0. The van der Waals surface area contributed by atoms with Gasteiger partial charge in [-0.3, -0.25) is 9.59 Å². The molecule has 0 spiro atoms. The van der Waals surface area contributed by atoms with Crippen LogP contribution in [0.2, 0.25) is 0 Å². The number of carbonyl (C=O) groups is 3. The Kier molecular flexibility index (Phi) is 5.77. The lowest BCUT2D eigenvalue weighted by Gasteiger charge is -2.45. The highest BCUT2D eigenvalue weighted by Gasteiger charge is 2.50. The van der Waals surface area contributed by atoms with Crippen molar-refractivity contribution >= 4 is 23.5 Å². The lowest BCUT2D eigenvalue weighted by atomic mass is 9.59. The van der Waals surface area contributed by atoms with Gasteiger partial charge in [-0.15, -0.1) is 0 Å². The van der Waals surface area contributed by atoms with Gasteiger partial charge in [0.25, 0.3) is 0 Å². The number of amides is 2. The Balaban J connectivity index is 1.73. The SMILES string of the molecule is COC(=O)CC[C@H]1C2=C(CC[C@]1(C)C(=O)N1CCOC1=O)c1ccc(OC)cc1CC2. The van der Waals surface area contributed by atoms with Crippen molar-refractivity contribution < 1.29 is 28.6 Å². The molecule has 7 nitrogen and oxygen atoms in total. The van der Waals surface area contributed by atoms with Gasteiger partial charge in [-0.2, -0.15) is 0 Å². The highest BCUT2D eigenvalue weighted by atomic mass is 16.6. The first-order valence-electron chi connectivity index (χ1n) is 10.8. The summed E-state index contributed by atoms with van der Waals surface area (Å²) in [5.41, 5.74) is 4.20. The molecular formula is C24H29NO6. The van der Waals surface area contributed by atoms with Crippen molar-refractivity contribution in [2.24, 2.45) is 11.3 Å². The first-order chi connectivity index (χ1) is 14.9. The lowest BCUT2D eigenvalue weighted by molar-refractivity contribution is -0.144. The van der Waals surface area contributed by atoms with E-state index in [4.69, 9.17) is 14.2 Å². The third-order valence-electron chi connectivity index (χ3n) is 7.13. The van der Waals surface area contributed by atoms with Crippen LogP contribution in [-0.4, -0.2) is 50.2 Å². The minimum Gasteiger partial charge on any atom is -0.497 e. The van der Waals surface area contributed by atoms with Gasteiger partial charge < -0.3 is 14.2 Å². The number of hydrogen-bond acceptors (Lipinski definition) is 6. The average molecular weight is 427 g/mol. The summed E-state index contributed by atoms with van der Waals surface area (Å²) in [4.78, 5) is 38.8. The molecule has 1 aromatic carbocycles. The third kappa shape index (κ3) is 3.70. The van der Waals surface area contributed by atoms with Gasteiger partial charge in [0, 0.05) is 6.42 Å². The molecule has 0 saturated carbocycles. The Hall–Kier alpha value is -2.83. The summed E-state index contributed by atoms with van der Waals surface area (Å²) in [7, 11) is 3.04. The van der Waals surface area contributed by atoms with Crippen molar-refractivity contribution in [3.8, 4) is 5.75 Å². The molecule has 0 N–H and O–H groups in total. The maximum atomic E-state index is 13.5. The van der Waals surface area contributed by atoms with Crippen LogP contribution in [0.25, 0.3) is 5.57 Å². The van der Waals surface area contributed by atoms with Gasteiger partial charge in [0.05, 0.1) is 26.2 Å². The molecular weight excluding hydrogens is 398 g/mol. The van der Waals surface area contributed by atoms with E-state index in [2.05, 4.69) is 12.1 Å². The topological polar surface area (TPSA) is 82.1 Å². The summed E-state index contributed by atoms with van der Waals surface area (Å²) < 4.78 is 15.3. The third-order valence-corrected chi connectivity index (χ3v) is 7.13. The molecule has 2 amide bonds. The molecule has 4 rings (SSSR count). The fraction of sp³-hybridized carbons (Fsp3) is 0.542. The van der Waals surface area contributed by atoms with Crippen molar-refractivity contribution in [3.63, 3.8) is 0 Å². The smallest absolute Gasteiger partial charge is 0.416 e. The molecule has 1 aromatic rings. The molecule has 1 saturated heterocycles. The zero-order valence-electron chi connectivity index (χ0n) is 18.4. The first kappa shape index (κ1) is 21.4. The highest BCUT2D eigenvalue weighted by Crippen LogP contribution is 2.53. The Morgan fingerprint density at radius 2 is 2.03 bits per heavy atom. The number of ether oxygens (including phenoxy) is 3. The van der Waals surface area contributed by atoms with Crippen LogP contribution in [0.5, 0.6) is 5.75 Å². The van der Waals surface area contributed by atoms with E-state index in [-0.39, 0.29) is 37.4 Å². The van der Waals surface area contributed by atoms with E-state index in [0.29, 0.717) is 12.8 Å². The Labute approximate surface area is 182 Å². The number of benzene rings is 1. The molecule has 1 heterocycles. The summed E-state index contributed by atoms with van der Waals surface area (Å²) in [5, 5.41) is 0. The number of nitrogens with zero attached hydrogens (tertiary/aromatic N) is 1. The zero-order valence-corrected chi connectivity index (χ0v) is 18.4. The summed E-state index contributed by atoms with van der Waals surface area (Å²) in [5.74, 6) is 0.223. The molecule has 1 fully saturated rings. The maximum absolute atomic E-state index is 13.5. The summed E-state index contributed by atoms with van der Waals surface area (Å²) in [6.07, 6.45) is 3.24. The summed E-state index contributed by atoms with van der Waals surface area (Å²) in [6, 6.07) is 6.15. The minimum absolute atomic E-state index is 0.133. The number of methoxy groups -OCH3 is 2. The van der Waals surface area contributed by atoms with Gasteiger partial charge in [-0.05, 0) is 66.9 Å². The molecule has 3 aliphatic rings. The van der Waals surface area contributed by atoms with E-state index in [1.165, 1.54) is 34.3 Å². The monoisotopic (exact) mass is 427 g/mol. The number of aryl methyl sites for hydroxylation is 1.